The number of ether oxygens (including phenoxy) is 1. The average Bonchev–Trinajstić information content (AvgIpc) is 3.02. The quantitative estimate of drug-likeness (QED) is 0.703. The summed E-state index contributed by atoms with van der Waals surface area (Å²) in [6.07, 6.45) is 0.910. The predicted molar refractivity (Wildman–Crippen MR) is 97.7 cm³/mol. The Balaban J connectivity index is 1.78. The number of anilines is 1. The molecule has 2 aliphatic heterocycles. The molecule has 2 saturated heterocycles. The standard InChI is InChI=1S/C17H23BrN4O3/c1-3-20-8-10-21(11-9-20)17(24)12-4-7-15(23)22(12)14-6-5-13(25-2)16(18)19-14/h5-6,12H,3-4,7-11H2,1-2H3. The molecule has 1 aromatic rings. The maximum atomic E-state index is 13.0. The summed E-state index contributed by atoms with van der Waals surface area (Å²) < 4.78 is 5.71. The average molecular weight is 411 g/mol. The molecule has 3 heterocycles. The van der Waals surface area contributed by atoms with Crippen molar-refractivity contribution in [3.8, 4) is 5.75 Å². The number of aromatic nitrogens is 1. The predicted octanol–water partition coefficient (Wildman–Crippen LogP) is 1.51. The van der Waals surface area contributed by atoms with E-state index in [2.05, 4.69) is 32.7 Å². The monoisotopic (exact) mass is 410 g/mol. The summed E-state index contributed by atoms with van der Waals surface area (Å²) >= 11 is 3.35. The molecule has 1 unspecified atom stereocenters. The molecular weight excluding hydrogens is 388 g/mol. The van der Waals surface area contributed by atoms with Gasteiger partial charge in [-0.1, -0.05) is 6.92 Å². The number of halogens is 1. The smallest absolute Gasteiger partial charge is 0.245 e. The zero-order valence-electron chi connectivity index (χ0n) is 14.6. The highest BCUT2D eigenvalue weighted by Crippen LogP contribution is 2.31. The first-order chi connectivity index (χ1) is 12.0. The summed E-state index contributed by atoms with van der Waals surface area (Å²) in [6.45, 7) is 6.32. The van der Waals surface area contributed by atoms with Gasteiger partial charge in [-0.05, 0) is 41.0 Å². The Kier molecular flexibility index (Phi) is 5.58. The Labute approximate surface area is 156 Å². The summed E-state index contributed by atoms with van der Waals surface area (Å²) in [4.78, 5) is 35.5. The number of piperazine rings is 1. The molecular formula is C17H23BrN4O3. The molecule has 136 valence electrons. The molecule has 0 saturated carbocycles. The Morgan fingerprint density at radius 1 is 1.32 bits per heavy atom. The highest BCUT2D eigenvalue weighted by atomic mass is 79.9. The van der Waals surface area contributed by atoms with Crippen LogP contribution in [0.5, 0.6) is 5.75 Å². The lowest BCUT2D eigenvalue weighted by Gasteiger charge is -2.36. The van der Waals surface area contributed by atoms with Crippen molar-refractivity contribution < 1.29 is 14.3 Å². The number of methoxy groups -OCH3 is 1. The minimum atomic E-state index is -0.464. The molecule has 3 rings (SSSR count). The molecule has 8 heteroatoms. The van der Waals surface area contributed by atoms with Crippen LogP contribution in [0.3, 0.4) is 0 Å². The number of nitrogens with zero attached hydrogens (tertiary/aromatic N) is 4. The van der Waals surface area contributed by atoms with Gasteiger partial charge in [-0.25, -0.2) is 4.98 Å². The van der Waals surface area contributed by atoms with Crippen LogP contribution in [0.1, 0.15) is 19.8 Å². The van der Waals surface area contributed by atoms with Gasteiger partial charge in [0.15, 0.2) is 5.75 Å². The number of pyridine rings is 1. The van der Waals surface area contributed by atoms with E-state index in [1.807, 2.05) is 4.90 Å². The number of rotatable bonds is 4. The summed E-state index contributed by atoms with van der Waals surface area (Å²) in [5, 5.41) is 0. The van der Waals surface area contributed by atoms with Crippen LogP contribution in [-0.4, -0.2) is 72.5 Å². The highest BCUT2D eigenvalue weighted by Gasteiger charge is 2.40. The van der Waals surface area contributed by atoms with Crippen molar-refractivity contribution in [1.29, 1.82) is 0 Å². The van der Waals surface area contributed by atoms with Crippen molar-refractivity contribution in [2.45, 2.75) is 25.8 Å². The molecule has 2 amide bonds. The van der Waals surface area contributed by atoms with Gasteiger partial charge >= 0.3 is 0 Å². The van der Waals surface area contributed by atoms with Gasteiger partial charge in [-0.15, -0.1) is 0 Å². The first kappa shape index (κ1) is 18.1. The molecule has 2 fully saturated rings. The largest absolute Gasteiger partial charge is 0.494 e. The van der Waals surface area contributed by atoms with E-state index in [9.17, 15) is 9.59 Å². The van der Waals surface area contributed by atoms with Crippen molar-refractivity contribution in [1.82, 2.24) is 14.8 Å². The van der Waals surface area contributed by atoms with E-state index in [4.69, 9.17) is 4.74 Å². The third-order valence-electron chi connectivity index (χ3n) is 4.89. The fraction of sp³-hybridized carbons (Fsp3) is 0.588. The molecule has 0 N–H and O–H groups in total. The van der Waals surface area contributed by atoms with Crippen LogP contribution in [-0.2, 0) is 9.59 Å². The Morgan fingerprint density at radius 2 is 2.04 bits per heavy atom. The number of carbonyl (C=O) groups excluding carboxylic acids is 2. The Bertz CT molecular complexity index is 661. The van der Waals surface area contributed by atoms with Crippen LogP contribution in [0.4, 0.5) is 5.82 Å². The summed E-state index contributed by atoms with van der Waals surface area (Å²) in [5.41, 5.74) is 0. The lowest BCUT2D eigenvalue weighted by molar-refractivity contribution is -0.134. The van der Waals surface area contributed by atoms with Gasteiger partial charge in [0, 0.05) is 32.6 Å². The Hall–Kier alpha value is -1.67. The number of carbonyl (C=O) groups is 2. The molecule has 0 aromatic carbocycles. The lowest BCUT2D eigenvalue weighted by Crippen LogP contribution is -2.54. The van der Waals surface area contributed by atoms with E-state index in [1.54, 1.807) is 24.1 Å². The summed E-state index contributed by atoms with van der Waals surface area (Å²) in [5.74, 6) is 1.04. The van der Waals surface area contributed by atoms with E-state index in [0.717, 1.165) is 19.6 Å². The zero-order chi connectivity index (χ0) is 18.0. The fourth-order valence-electron chi connectivity index (χ4n) is 3.40. The van der Waals surface area contributed by atoms with E-state index < -0.39 is 6.04 Å². The van der Waals surface area contributed by atoms with Gasteiger partial charge in [0.05, 0.1) is 7.11 Å². The lowest BCUT2D eigenvalue weighted by atomic mass is 10.1. The zero-order valence-corrected chi connectivity index (χ0v) is 16.2. The topological polar surface area (TPSA) is 66.0 Å². The molecule has 0 radical (unpaired) electrons. The van der Waals surface area contributed by atoms with Crippen molar-refractivity contribution in [2.24, 2.45) is 0 Å². The van der Waals surface area contributed by atoms with Gasteiger partial charge in [-0.3, -0.25) is 14.5 Å². The molecule has 0 aliphatic carbocycles. The van der Waals surface area contributed by atoms with Gasteiger partial charge in [0.25, 0.3) is 0 Å². The summed E-state index contributed by atoms with van der Waals surface area (Å²) in [6, 6.07) is 3.01. The molecule has 0 spiro atoms. The van der Waals surface area contributed by atoms with E-state index in [1.165, 1.54) is 0 Å². The third kappa shape index (κ3) is 3.64. The molecule has 25 heavy (non-hydrogen) atoms. The van der Waals surface area contributed by atoms with Gasteiger partial charge in [-0.2, -0.15) is 0 Å². The molecule has 0 bridgehead atoms. The van der Waals surface area contributed by atoms with Crippen molar-refractivity contribution in [2.75, 3.05) is 44.7 Å². The number of hydrogen-bond donors (Lipinski definition) is 0. The van der Waals surface area contributed by atoms with E-state index in [-0.39, 0.29) is 11.8 Å². The first-order valence-corrected chi connectivity index (χ1v) is 9.38. The maximum Gasteiger partial charge on any atom is 0.245 e. The molecule has 1 atom stereocenters. The second-order valence-electron chi connectivity index (χ2n) is 6.24. The SMILES string of the molecule is CCN1CCN(C(=O)C2CCC(=O)N2c2ccc(OC)c(Br)n2)CC1. The van der Waals surface area contributed by atoms with E-state index >= 15 is 0 Å². The highest BCUT2D eigenvalue weighted by molar-refractivity contribution is 9.10. The fourth-order valence-corrected chi connectivity index (χ4v) is 3.87. The number of amides is 2. The molecule has 7 nitrogen and oxygen atoms in total. The van der Waals surface area contributed by atoms with E-state index in [0.29, 0.717) is 42.1 Å². The van der Waals surface area contributed by atoms with Crippen molar-refractivity contribution in [3.63, 3.8) is 0 Å². The second-order valence-corrected chi connectivity index (χ2v) is 6.99. The van der Waals surface area contributed by atoms with Gasteiger partial charge in [0.2, 0.25) is 11.8 Å². The van der Waals surface area contributed by atoms with Gasteiger partial charge < -0.3 is 14.5 Å². The number of hydrogen-bond acceptors (Lipinski definition) is 5. The maximum absolute atomic E-state index is 13.0. The van der Waals surface area contributed by atoms with Crippen LogP contribution >= 0.6 is 15.9 Å². The first-order valence-electron chi connectivity index (χ1n) is 8.59. The second kappa shape index (κ2) is 7.70. The molecule has 2 aliphatic rings. The van der Waals surface area contributed by atoms with Crippen LogP contribution in [0.15, 0.2) is 16.7 Å². The van der Waals surface area contributed by atoms with Crippen molar-refractivity contribution in [3.05, 3.63) is 16.7 Å². The van der Waals surface area contributed by atoms with Crippen LogP contribution in [0.2, 0.25) is 0 Å². The minimum Gasteiger partial charge on any atom is -0.494 e. The van der Waals surface area contributed by atoms with Crippen LogP contribution < -0.4 is 9.64 Å². The normalized spacial score (nSPS) is 21.7. The molecule has 1 aromatic heterocycles. The van der Waals surface area contributed by atoms with Crippen molar-refractivity contribution >= 4 is 33.6 Å². The number of likely N-dealkylation sites (N-methyl/N-ethyl adjacent to an activating group) is 1. The minimum absolute atomic E-state index is 0.0235. The summed E-state index contributed by atoms with van der Waals surface area (Å²) in [7, 11) is 1.56. The van der Waals surface area contributed by atoms with Crippen LogP contribution in [0.25, 0.3) is 0 Å². The van der Waals surface area contributed by atoms with Gasteiger partial charge in [0.1, 0.15) is 16.5 Å². The Morgan fingerprint density at radius 3 is 2.64 bits per heavy atom. The third-order valence-corrected chi connectivity index (χ3v) is 5.46. The van der Waals surface area contributed by atoms with Crippen LogP contribution in [0, 0.1) is 0 Å².